The third-order valence-corrected chi connectivity index (χ3v) is 4.55. The molecule has 4 nitrogen and oxygen atoms in total. The van der Waals surface area contributed by atoms with Gasteiger partial charge in [-0.25, -0.2) is 5.01 Å². The molecule has 0 spiro atoms. The van der Waals surface area contributed by atoms with Gasteiger partial charge in [-0.2, -0.15) is 0 Å². The predicted molar refractivity (Wildman–Crippen MR) is 98.1 cm³/mol. The fourth-order valence-electron chi connectivity index (χ4n) is 2.78. The number of benzene rings is 2. The number of para-hydroxylation sites is 1. The molecular weight excluding hydrogens is 368 g/mol. The number of nitrogens with zero attached hydrogens (tertiary/aromatic N) is 1. The van der Waals surface area contributed by atoms with E-state index in [1.54, 1.807) is 12.1 Å². The third kappa shape index (κ3) is 3.17. The first-order chi connectivity index (χ1) is 11.6. The quantitative estimate of drug-likeness (QED) is 0.851. The number of hydrazine groups is 1. The molecule has 0 aromatic heterocycles. The van der Waals surface area contributed by atoms with Gasteiger partial charge in [-0.05, 0) is 35.9 Å². The molecule has 0 bridgehead atoms. The second-order valence-electron chi connectivity index (χ2n) is 5.51. The number of carbonyl (C=O) groups excluding carboxylic acids is 1. The molecule has 1 N–H and O–H groups in total. The Bertz CT molecular complexity index is 771. The van der Waals surface area contributed by atoms with Crippen molar-refractivity contribution < 1.29 is 9.53 Å². The van der Waals surface area contributed by atoms with Gasteiger partial charge >= 0.3 is 0 Å². The van der Waals surface area contributed by atoms with Gasteiger partial charge in [0.1, 0.15) is 5.75 Å². The number of rotatable bonds is 4. The molecule has 1 amide bonds. The molecule has 1 aliphatic heterocycles. The van der Waals surface area contributed by atoms with Crippen LogP contribution in [-0.4, -0.2) is 18.0 Å². The van der Waals surface area contributed by atoms with E-state index in [4.69, 9.17) is 4.74 Å². The number of hydrogen-bond acceptors (Lipinski definition) is 3. The van der Waals surface area contributed by atoms with Crippen LogP contribution in [0.25, 0.3) is 5.70 Å². The molecule has 1 heterocycles. The molecule has 0 radical (unpaired) electrons. The highest BCUT2D eigenvalue weighted by Crippen LogP contribution is 2.35. The summed E-state index contributed by atoms with van der Waals surface area (Å²) in [5, 5.41) is 1.69. The summed E-state index contributed by atoms with van der Waals surface area (Å²) in [6, 6.07) is 15.6. The van der Waals surface area contributed by atoms with Crippen LogP contribution in [0.5, 0.6) is 5.75 Å². The predicted octanol–water partition coefficient (Wildman–Crippen LogP) is 4.30. The van der Waals surface area contributed by atoms with Crippen LogP contribution in [-0.2, 0) is 4.79 Å². The van der Waals surface area contributed by atoms with Crippen molar-refractivity contribution in [3.63, 3.8) is 0 Å². The molecule has 1 aliphatic rings. The van der Waals surface area contributed by atoms with E-state index in [-0.39, 0.29) is 11.9 Å². The molecule has 2 aromatic rings. The minimum Gasteiger partial charge on any atom is -0.496 e. The van der Waals surface area contributed by atoms with Crippen LogP contribution in [0.1, 0.15) is 30.5 Å². The molecule has 0 unspecified atom stereocenters. The van der Waals surface area contributed by atoms with Crippen LogP contribution >= 0.6 is 15.9 Å². The van der Waals surface area contributed by atoms with Crippen LogP contribution in [0.15, 0.2) is 59.1 Å². The Kier molecular flexibility index (Phi) is 4.90. The summed E-state index contributed by atoms with van der Waals surface area (Å²) in [5.74, 6) is 0.820. The Hall–Kier alpha value is -2.27. The number of ether oxygens (including phenoxy) is 1. The molecule has 0 saturated heterocycles. The normalized spacial score (nSPS) is 16.5. The first-order valence-corrected chi connectivity index (χ1v) is 8.62. The molecule has 0 saturated carbocycles. The van der Waals surface area contributed by atoms with Gasteiger partial charge in [0.2, 0.25) is 5.91 Å². The molecule has 0 fully saturated rings. The van der Waals surface area contributed by atoms with E-state index < -0.39 is 0 Å². The summed E-state index contributed by atoms with van der Waals surface area (Å²) in [5.41, 5.74) is 6.12. The number of nitrogens with one attached hydrogen (secondary N) is 1. The third-order valence-electron chi connectivity index (χ3n) is 4.02. The molecule has 2 aromatic carbocycles. The van der Waals surface area contributed by atoms with Crippen molar-refractivity contribution in [1.82, 2.24) is 10.4 Å². The lowest BCUT2D eigenvalue weighted by Crippen LogP contribution is -2.39. The Balaban J connectivity index is 2.01. The van der Waals surface area contributed by atoms with E-state index in [9.17, 15) is 4.79 Å². The van der Waals surface area contributed by atoms with Crippen molar-refractivity contribution in [2.75, 3.05) is 7.11 Å². The van der Waals surface area contributed by atoms with Crippen molar-refractivity contribution in [3.8, 4) is 5.75 Å². The zero-order valence-electron chi connectivity index (χ0n) is 13.6. The lowest BCUT2D eigenvalue weighted by molar-refractivity contribution is -0.134. The van der Waals surface area contributed by atoms with Crippen LogP contribution in [0.4, 0.5) is 0 Å². The SMILES string of the molecule is CCC(=O)N1NC(c2ccccc2OC)=C[C@H]1c1ccc(Br)cc1. The van der Waals surface area contributed by atoms with Crippen LogP contribution < -0.4 is 10.2 Å². The fraction of sp³-hybridized carbons (Fsp3) is 0.211. The van der Waals surface area contributed by atoms with Gasteiger partial charge in [-0.1, -0.05) is 47.1 Å². The molecule has 3 rings (SSSR count). The number of methoxy groups -OCH3 is 1. The highest BCUT2D eigenvalue weighted by atomic mass is 79.9. The topological polar surface area (TPSA) is 41.6 Å². The van der Waals surface area contributed by atoms with Crippen molar-refractivity contribution in [1.29, 1.82) is 0 Å². The van der Waals surface area contributed by atoms with E-state index in [0.717, 1.165) is 27.0 Å². The second kappa shape index (κ2) is 7.09. The van der Waals surface area contributed by atoms with E-state index in [0.29, 0.717) is 6.42 Å². The monoisotopic (exact) mass is 386 g/mol. The van der Waals surface area contributed by atoms with E-state index in [2.05, 4.69) is 27.4 Å². The number of halogens is 1. The smallest absolute Gasteiger partial charge is 0.241 e. The van der Waals surface area contributed by atoms with Gasteiger partial charge in [0.05, 0.1) is 18.8 Å². The molecule has 24 heavy (non-hydrogen) atoms. The fourth-order valence-corrected chi connectivity index (χ4v) is 3.04. The summed E-state index contributed by atoms with van der Waals surface area (Å²) in [6.45, 7) is 1.86. The van der Waals surface area contributed by atoms with Gasteiger partial charge in [0.25, 0.3) is 0 Å². The summed E-state index contributed by atoms with van der Waals surface area (Å²) in [6.07, 6.45) is 2.50. The molecule has 0 aliphatic carbocycles. The van der Waals surface area contributed by atoms with Gasteiger partial charge < -0.3 is 4.74 Å². The zero-order chi connectivity index (χ0) is 17.1. The maximum Gasteiger partial charge on any atom is 0.241 e. The maximum absolute atomic E-state index is 12.4. The number of hydrogen-bond donors (Lipinski definition) is 1. The van der Waals surface area contributed by atoms with E-state index in [1.807, 2.05) is 55.5 Å². The molecule has 5 heteroatoms. The van der Waals surface area contributed by atoms with Gasteiger partial charge in [0.15, 0.2) is 0 Å². The lowest BCUT2D eigenvalue weighted by Gasteiger charge is -2.25. The molecular formula is C19H19BrN2O2. The average Bonchev–Trinajstić information content (AvgIpc) is 3.06. The van der Waals surface area contributed by atoms with Crippen LogP contribution in [0, 0.1) is 0 Å². The van der Waals surface area contributed by atoms with Crippen LogP contribution in [0.3, 0.4) is 0 Å². The van der Waals surface area contributed by atoms with E-state index in [1.165, 1.54) is 0 Å². The Morgan fingerprint density at radius 3 is 2.58 bits per heavy atom. The van der Waals surface area contributed by atoms with Gasteiger partial charge in [-0.3, -0.25) is 10.2 Å². The summed E-state index contributed by atoms with van der Waals surface area (Å²) in [7, 11) is 1.65. The molecule has 1 atom stereocenters. The maximum atomic E-state index is 12.4. The number of amides is 1. The van der Waals surface area contributed by atoms with Crippen molar-refractivity contribution in [3.05, 3.63) is 70.2 Å². The summed E-state index contributed by atoms with van der Waals surface area (Å²) in [4.78, 5) is 12.4. The minimum absolute atomic E-state index is 0.0454. The standard InChI is InChI=1S/C19H19BrN2O2/c1-3-19(23)22-17(13-8-10-14(20)11-9-13)12-16(21-22)15-6-4-5-7-18(15)24-2/h4-12,17,21H,3H2,1-2H3/t17-/m0/s1. The first-order valence-electron chi connectivity index (χ1n) is 7.83. The van der Waals surface area contributed by atoms with Crippen molar-refractivity contribution in [2.24, 2.45) is 0 Å². The average molecular weight is 387 g/mol. The van der Waals surface area contributed by atoms with E-state index >= 15 is 0 Å². The Morgan fingerprint density at radius 2 is 1.92 bits per heavy atom. The van der Waals surface area contributed by atoms with Crippen LogP contribution in [0.2, 0.25) is 0 Å². The second-order valence-corrected chi connectivity index (χ2v) is 6.42. The Morgan fingerprint density at radius 1 is 1.21 bits per heavy atom. The van der Waals surface area contributed by atoms with Crippen molar-refractivity contribution in [2.45, 2.75) is 19.4 Å². The first kappa shape index (κ1) is 16.6. The minimum atomic E-state index is -0.148. The largest absolute Gasteiger partial charge is 0.496 e. The van der Waals surface area contributed by atoms with Crippen molar-refractivity contribution >= 4 is 27.5 Å². The number of carbonyl (C=O) groups is 1. The highest BCUT2D eigenvalue weighted by molar-refractivity contribution is 9.10. The summed E-state index contributed by atoms with van der Waals surface area (Å²) >= 11 is 3.45. The summed E-state index contributed by atoms with van der Waals surface area (Å²) < 4.78 is 6.46. The molecule has 124 valence electrons. The highest BCUT2D eigenvalue weighted by Gasteiger charge is 2.30. The van der Waals surface area contributed by atoms with Gasteiger partial charge in [-0.15, -0.1) is 0 Å². The lowest BCUT2D eigenvalue weighted by atomic mass is 10.0. The zero-order valence-corrected chi connectivity index (χ0v) is 15.2. The Labute approximate surface area is 150 Å². The van der Waals surface area contributed by atoms with Gasteiger partial charge in [0, 0.05) is 16.5 Å².